The van der Waals surface area contributed by atoms with E-state index in [1.807, 2.05) is 0 Å². The number of nitrogens with zero attached hydrogens (tertiary/aromatic N) is 3. The summed E-state index contributed by atoms with van der Waals surface area (Å²) in [6.45, 7) is 5.68. The van der Waals surface area contributed by atoms with Gasteiger partial charge in [0.2, 0.25) is 0 Å². The molecule has 8 nitrogen and oxygen atoms in total. The molecule has 0 atom stereocenters. The van der Waals surface area contributed by atoms with Crippen LogP contribution in [-0.2, 0) is 0 Å². The summed E-state index contributed by atoms with van der Waals surface area (Å²) in [5.41, 5.74) is 0.0599. The van der Waals surface area contributed by atoms with Crippen LogP contribution in [0.25, 0.3) is 0 Å². The Kier molecular flexibility index (Phi) is 6.51. The number of nitro benzene ring substituents is 1. The number of non-ortho nitro benzene ring substituents is 1. The number of piperazine rings is 1. The molecule has 2 rings (SSSR count). The van der Waals surface area contributed by atoms with Crippen LogP contribution in [0.15, 0.2) is 18.2 Å². The van der Waals surface area contributed by atoms with Gasteiger partial charge >= 0.3 is 0 Å². The first-order valence-electron chi connectivity index (χ1n) is 8.03. The van der Waals surface area contributed by atoms with Gasteiger partial charge in [-0.3, -0.25) is 14.9 Å². The van der Waals surface area contributed by atoms with E-state index in [0.717, 1.165) is 39.1 Å². The normalized spacial score (nSPS) is 15.9. The average molecular weight is 336 g/mol. The van der Waals surface area contributed by atoms with Crippen LogP contribution in [0.4, 0.5) is 5.69 Å². The van der Waals surface area contributed by atoms with Gasteiger partial charge in [0.1, 0.15) is 5.75 Å². The van der Waals surface area contributed by atoms with Crippen LogP contribution in [0.3, 0.4) is 0 Å². The molecule has 132 valence electrons. The van der Waals surface area contributed by atoms with Crippen molar-refractivity contribution in [3.05, 3.63) is 33.9 Å². The van der Waals surface area contributed by atoms with E-state index >= 15 is 0 Å². The third-order valence-corrected chi connectivity index (χ3v) is 4.17. The van der Waals surface area contributed by atoms with Crippen LogP contribution in [0.5, 0.6) is 5.75 Å². The molecule has 8 heteroatoms. The highest BCUT2D eigenvalue weighted by atomic mass is 16.6. The maximum atomic E-state index is 12.3. The van der Waals surface area contributed by atoms with Gasteiger partial charge in [-0.05, 0) is 26.1 Å². The minimum Gasteiger partial charge on any atom is -0.496 e. The topological polar surface area (TPSA) is 87.9 Å². The molecule has 0 saturated carbocycles. The average Bonchev–Trinajstić information content (AvgIpc) is 2.59. The number of methoxy groups -OCH3 is 1. The van der Waals surface area contributed by atoms with Gasteiger partial charge in [0.15, 0.2) is 0 Å². The lowest BCUT2D eigenvalue weighted by Gasteiger charge is -2.32. The predicted octanol–water partition coefficient (Wildman–Crippen LogP) is 0.971. The Morgan fingerprint density at radius 2 is 2.04 bits per heavy atom. The Balaban J connectivity index is 1.83. The van der Waals surface area contributed by atoms with Gasteiger partial charge in [-0.2, -0.15) is 0 Å². The fourth-order valence-corrected chi connectivity index (χ4v) is 2.66. The number of ether oxygens (including phenoxy) is 1. The Hall–Kier alpha value is -2.19. The minimum atomic E-state index is -0.524. The quantitative estimate of drug-likeness (QED) is 0.453. The molecule has 0 spiro atoms. The summed E-state index contributed by atoms with van der Waals surface area (Å²) in [5, 5.41) is 13.7. The number of nitro groups is 1. The van der Waals surface area contributed by atoms with Gasteiger partial charge in [0, 0.05) is 44.9 Å². The summed E-state index contributed by atoms with van der Waals surface area (Å²) in [7, 11) is 3.55. The number of carbonyl (C=O) groups is 1. The molecule has 1 aliphatic heterocycles. The van der Waals surface area contributed by atoms with E-state index in [9.17, 15) is 14.9 Å². The summed E-state index contributed by atoms with van der Waals surface area (Å²) in [6, 6.07) is 4.01. The number of hydrogen-bond acceptors (Lipinski definition) is 6. The van der Waals surface area contributed by atoms with Gasteiger partial charge in [-0.1, -0.05) is 0 Å². The van der Waals surface area contributed by atoms with Crippen LogP contribution in [0, 0.1) is 10.1 Å². The van der Waals surface area contributed by atoms with E-state index in [2.05, 4.69) is 22.2 Å². The van der Waals surface area contributed by atoms with Crippen LogP contribution in [-0.4, -0.2) is 74.1 Å². The van der Waals surface area contributed by atoms with Crippen molar-refractivity contribution in [3.63, 3.8) is 0 Å². The molecule has 1 aromatic carbocycles. The lowest BCUT2D eigenvalue weighted by atomic mass is 10.1. The SMILES string of the molecule is COc1ccc([N+](=O)[O-])cc1C(=O)NCCCN1CCN(C)CC1. The van der Waals surface area contributed by atoms with Crippen molar-refractivity contribution < 1.29 is 14.5 Å². The number of hydrogen-bond donors (Lipinski definition) is 1. The fourth-order valence-electron chi connectivity index (χ4n) is 2.66. The maximum Gasteiger partial charge on any atom is 0.270 e. The van der Waals surface area contributed by atoms with Gasteiger partial charge < -0.3 is 19.9 Å². The Labute approximate surface area is 141 Å². The summed E-state index contributed by atoms with van der Waals surface area (Å²) < 4.78 is 5.12. The largest absolute Gasteiger partial charge is 0.496 e. The van der Waals surface area contributed by atoms with Crippen LogP contribution in [0.1, 0.15) is 16.8 Å². The first-order chi connectivity index (χ1) is 11.5. The Bertz CT molecular complexity index is 585. The number of likely N-dealkylation sites (N-methyl/N-ethyl adjacent to an activating group) is 1. The van der Waals surface area contributed by atoms with E-state index in [1.54, 1.807) is 0 Å². The van der Waals surface area contributed by atoms with Crippen LogP contribution >= 0.6 is 0 Å². The molecule has 1 saturated heterocycles. The second-order valence-electron chi connectivity index (χ2n) is 5.90. The number of carbonyl (C=O) groups excluding carboxylic acids is 1. The molecule has 0 aliphatic carbocycles. The summed E-state index contributed by atoms with van der Waals surface area (Å²) >= 11 is 0. The molecule has 1 amide bonds. The fraction of sp³-hybridized carbons (Fsp3) is 0.562. The number of amides is 1. The lowest BCUT2D eigenvalue weighted by molar-refractivity contribution is -0.384. The lowest BCUT2D eigenvalue weighted by Crippen LogP contribution is -2.45. The van der Waals surface area contributed by atoms with Crippen molar-refractivity contribution in [2.45, 2.75) is 6.42 Å². The molecule has 1 fully saturated rings. The Morgan fingerprint density at radius 3 is 2.67 bits per heavy atom. The molecule has 0 radical (unpaired) electrons. The highest BCUT2D eigenvalue weighted by Gasteiger charge is 2.17. The van der Waals surface area contributed by atoms with Crippen molar-refractivity contribution >= 4 is 11.6 Å². The zero-order chi connectivity index (χ0) is 17.5. The molecule has 1 heterocycles. The van der Waals surface area contributed by atoms with Crippen molar-refractivity contribution in [2.24, 2.45) is 0 Å². The zero-order valence-corrected chi connectivity index (χ0v) is 14.2. The van der Waals surface area contributed by atoms with Crippen molar-refractivity contribution in [1.29, 1.82) is 0 Å². The summed E-state index contributed by atoms with van der Waals surface area (Å²) in [4.78, 5) is 27.3. The summed E-state index contributed by atoms with van der Waals surface area (Å²) in [5.74, 6) is -0.0221. The van der Waals surface area contributed by atoms with E-state index in [-0.39, 0.29) is 17.2 Å². The molecule has 1 aromatic rings. The van der Waals surface area contributed by atoms with Crippen LogP contribution in [0.2, 0.25) is 0 Å². The van der Waals surface area contributed by atoms with Crippen molar-refractivity contribution in [1.82, 2.24) is 15.1 Å². The highest BCUT2D eigenvalue weighted by molar-refractivity contribution is 5.97. The third kappa shape index (κ3) is 4.90. The molecule has 1 aliphatic rings. The van der Waals surface area contributed by atoms with Gasteiger partial charge in [-0.15, -0.1) is 0 Å². The monoisotopic (exact) mass is 336 g/mol. The first-order valence-corrected chi connectivity index (χ1v) is 8.03. The molecule has 0 aromatic heterocycles. The van der Waals surface area contributed by atoms with E-state index < -0.39 is 4.92 Å². The molecule has 1 N–H and O–H groups in total. The second kappa shape index (κ2) is 8.60. The van der Waals surface area contributed by atoms with Gasteiger partial charge in [-0.25, -0.2) is 0 Å². The number of benzene rings is 1. The number of rotatable bonds is 7. The van der Waals surface area contributed by atoms with Gasteiger partial charge in [0.05, 0.1) is 17.6 Å². The maximum absolute atomic E-state index is 12.3. The third-order valence-electron chi connectivity index (χ3n) is 4.17. The summed E-state index contributed by atoms with van der Waals surface area (Å²) in [6.07, 6.45) is 0.840. The highest BCUT2D eigenvalue weighted by Crippen LogP contribution is 2.23. The standard InChI is InChI=1S/C16H24N4O4/c1-18-8-10-19(11-9-18)7-3-6-17-16(21)14-12-13(20(22)23)4-5-15(14)24-2/h4-5,12H,3,6-11H2,1-2H3,(H,17,21). The molecule has 0 unspecified atom stereocenters. The van der Waals surface area contributed by atoms with E-state index in [4.69, 9.17) is 4.74 Å². The zero-order valence-electron chi connectivity index (χ0n) is 14.2. The van der Waals surface area contributed by atoms with E-state index in [1.165, 1.54) is 25.3 Å². The molecular weight excluding hydrogens is 312 g/mol. The van der Waals surface area contributed by atoms with Gasteiger partial charge in [0.25, 0.3) is 11.6 Å². The molecule has 0 bridgehead atoms. The van der Waals surface area contributed by atoms with Crippen molar-refractivity contribution in [2.75, 3.05) is 53.4 Å². The molecule has 24 heavy (non-hydrogen) atoms. The number of nitrogens with one attached hydrogen (secondary N) is 1. The molecular formula is C16H24N4O4. The first kappa shape index (κ1) is 18.2. The smallest absolute Gasteiger partial charge is 0.270 e. The van der Waals surface area contributed by atoms with Crippen LogP contribution < -0.4 is 10.1 Å². The van der Waals surface area contributed by atoms with E-state index in [0.29, 0.717) is 12.3 Å². The Morgan fingerprint density at radius 1 is 1.33 bits per heavy atom. The predicted molar refractivity (Wildman–Crippen MR) is 90.5 cm³/mol. The van der Waals surface area contributed by atoms with Crippen molar-refractivity contribution in [3.8, 4) is 5.75 Å². The minimum absolute atomic E-state index is 0.126. The second-order valence-corrected chi connectivity index (χ2v) is 5.90.